The molecule has 1 N–H and O–H groups in total. The molecule has 2 aromatic rings. The third kappa shape index (κ3) is 3.04. The normalized spacial score (nSPS) is 11.6. The molecule has 0 spiro atoms. The van der Waals surface area contributed by atoms with E-state index in [0.717, 1.165) is 11.3 Å². The van der Waals surface area contributed by atoms with Crippen LogP contribution in [-0.4, -0.2) is 16.1 Å². The van der Waals surface area contributed by atoms with E-state index in [0.29, 0.717) is 22.7 Å². The van der Waals surface area contributed by atoms with Crippen LogP contribution >= 0.6 is 11.3 Å². The van der Waals surface area contributed by atoms with Crippen molar-refractivity contribution in [3.05, 3.63) is 51.2 Å². The maximum Gasteiger partial charge on any atom is 0.347 e. The molecule has 2 rings (SSSR count). The zero-order chi connectivity index (χ0) is 14.9. The number of hydrogen-bond donors (Lipinski definition) is 1. The Morgan fingerprint density at radius 1 is 1.35 bits per heavy atom. The molecule has 3 nitrogen and oxygen atoms in total. The lowest BCUT2D eigenvalue weighted by molar-refractivity contribution is 0.0699. The number of hydrogen-bond acceptors (Lipinski definition) is 3. The van der Waals surface area contributed by atoms with Crippen molar-refractivity contribution in [2.75, 3.05) is 0 Å². The van der Waals surface area contributed by atoms with Crippen molar-refractivity contribution < 1.29 is 14.3 Å². The molecule has 0 amide bonds. The monoisotopic (exact) mass is 293 g/mol. The Labute approximate surface area is 121 Å². The van der Waals surface area contributed by atoms with Gasteiger partial charge in [0.05, 0.1) is 10.7 Å². The van der Waals surface area contributed by atoms with E-state index in [-0.39, 0.29) is 16.1 Å². The van der Waals surface area contributed by atoms with Crippen molar-refractivity contribution in [3.63, 3.8) is 0 Å². The third-order valence-electron chi connectivity index (χ3n) is 2.88. The van der Waals surface area contributed by atoms with Crippen LogP contribution in [0.4, 0.5) is 4.39 Å². The van der Waals surface area contributed by atoms with E-state index in [4.69, 9.17) is 0 Å². The quantitative estimate of drug-likeness (QED) is 0.934. The highest BCUT2D eigenvalue weighted by Gasteiger charge is 2.27. The van der Waals surface area contributed by atoms with Crippen molar-refractivity contribution in [2.24, 2.45) is 0 Å². The van der Waals surface area contributed by atoms with E-state index in [1.165, 1.54) is 6.07 Å². The van der Waals surface area contributed by atoms with E-state index in [2.05, 4.69) is 4.98 Å². The number of aromatic carboxylic acids is 1. The molecule has 0 bridgehead atoms. The highest BCUT2D eigenvalue weighted by molar-refractivity contribution is 7.13. The molecule has 1 heterocycles. The Balaban J connectivity index is 2.40. The first-order valence-electron chi connectivity index (χ1n) is 6.26. The number of carboxylic acids is 1. The van der Waals surface area contributed by atoms with Gasteiger partial charge in [-0.3, -0.25) is 0 Å². The molecule has 5 heteroatoms. The summed E-state index contributed by atoms with van der Waals surface area (Å²) in [5.41, 5.74) is 0.734. The minimum absolute atomic E-state index is 0.240. The van der Waals surface area contributed by atoms with Crippen LogP contribution < -0.4 is 0 Å². The molecule has 0 unspecified atom stereocenters. The minimum Gasteiger partial charge on any atom is -0.477 e. The highest BCUT2D eigenvalue weighted by Crippen LogP contribution is 2.30. The van der Waals surface area contributed by atoms with Crippen LogP contribution in [0.3, 0.4) is 0 Å². The van der Waals surface area contributed by atoms with Crippen LogP contribution in [0, 0.1) is 5.82 Å². The molecule has 0 saturated heterocycles. The fourth-order valence-electron chi connectivity index (χ4n) is 1.90. The third-order valence-corrected chi connectivity index (χ3v) is 3.92. The Hall–Kier alpha value is -1.75. The van der Waals surface area contributed by atoms with E-state index >= 15 is 0 Å². The van der Waals surface area contributed by atoms with Gasteiger partial charge in [-0.05, 0) is 11.6 Å². The van der Waals surface area contributed by atoms with Gasteiger partial charge in [-0.2, -0.15) is 0 Å². The molecule has 0 aliphatic heterocycles. The van der Waals surface area contributed by atoms with Crippen LogP contribution in [0.2, 0.25) is 0 Å². The van der Waals surface area contributed by atoms with E-state index in [9.17, 15) is 14.3 Å². The lowest BCUT2D eigenvalue weighted by Gasteiger charge is -2.16. The summed E-state index contributed by atoms with van der Waals surface area (Å²) < 4.78 is 13.6. The summed E-state index contributed by atoms with van der Waals surface area (Å²) in [6.45, 7) is 5.75. The topological polar surface area (TPSA) is 50.2 Å². The highest BCUT2D eigenvalue weighted by atomic mass is 32.1. The largest absolute Gasteiger partial charge is 0.477 e. The number of aromatic nitrogens is 1. The van der Waals surface area contributed by atoms with Gasteiger partial charge in [-0.25, -0.2) is 14.2 Å². The van der Waals surface area contributed by atoms with E-state index in [1.807, 2.05) is 20.8 Å². The van der Waals surface area contributed by atoms with Crippen molar-refractivity contribution in [1.29, 1.82) is 0 Å². The van der Waals surface area contributed by atoms with Crippen LogP contribution in [-0.2, 0) is 11.8 Å². The summed E-state index contributed by atoms with van der Waals surface area (Å²) in [4.78, 5) is 15.9. The van der Waals surface area contributed by atoms with Gasteiger partial charge < -0.3 is 5.11 Å². The number of carbonyl (C=O) groups is 1. The lowest BCUT2D eigenvalue weighted by atomic mass is 9.91. The van der Waals surface area contributed by atoms with Gasteiger partial charge in [0.2, 0.25) is 0 Å². The standard InChI is InChI=1S/C15H16FNO2S/c1-15(2,3)13-12(14(18)19)20-11(17-13)8-9-6-4-5-7-10(9)16/h4-7H,8H2,1-3H3,(H,18,19). The van der Waals surface area contributed by atoms with Crippen molar-refractivity contribution in [2.45, 2.75) is 32.6 Å². The molecule has 0 saturated carbocycles. The van der Waals surface area contributed by atoms with Crippen molar-refractivity contribution in [1.82, 2.24) is 4.98 Å². The molecule has 0 aliphatic rings. The van der Waals surface area contributed by atoms with Crippen LogP contribution in [0.5, 0.6) is 0 Å². The molecule has 106 valence electrons. The SMILES string of the molecule is CC(C)(C)c1nc(Cc2ccccc2F)sc1C(=O)O. The maximum atomic E-state index is 13.6. The molecule has 1 aromatic heterocycles. The number of nitrogens with zero attached hydrogens (tertiary/aromatic N) is 1. The molecule has 0 atom stereocenters. The maximum absolute atomic E-state index is 13.6. The second kappa shape index (κ2) is 5.32. The predicted molar refractivity (Wildman–Crippen MR) is 77.0 cm³/mol. The lowest BCUT2D eigenvalue weighted by Crippen LogP contribution is -2.16. The Morgan fingerprint density at radius 3 is 2.50 bits per heavy atom. The van der Waals surface area contributed by atoms with Gasteiger partial charge in [-0.15, -0.1) is 11.3 Å². The van der Waals surface area contributed by atoms with Gasteiger partial charge in [-0.1, -0.05) is 39.0 Å². The fourth-order valence-corrected chi connectivity index (χ4v) is 3.03. The van der Waals surface area contributed by atoms with E-state index < -0.39 is 5.97 Å². The molecule has 0 fully saturated rings. The minimum atomic E-state index is -0.979. The summed E-state index contributed by atoms with van der Waals surface area (Å²) in [6, 6.07) is 6.47. The first-order valence-corrected chi connectivity index (χ1v) is 7.07. The number of carboxylic acid groups (broad SMARTS) is 1. The Kier molecular flexibility index (Phi) is 3.90. The van der Waals surface area contributed by atoms with Gasteiger partial charge in [0.25, 0.3) is 0 Å². The first-order chi connectivity index (χ1) is 9.29. The number of thiazole rings is 1. The predicted octanol–water partition coefficient (Wildman–Crippen LogP) is 3.87. The van der Waals surface area contributed by atoms with Gasteiger partial charge >= 0.3 is 5.97 Å². The Morgan fingerprint density at radius 2 is 2.00 bits per heavy atom. The second-order valence-electron chi connectivity index (χ2n) is 5.61. The van der Waals surface area contributed by atoms with Crippen molar-refractivity contribution in [3.8, 4) is 0 Å². The number of rotatable bonds is 3. The molecule has 1 aromatic carbocycles. The zero-order valence-electron chi connectivity index (χ0n) is 11.6. The summed E-state index contributed by atoms with van der Waals surface area (Å²) in [5, 5.41) is 9.88. The van der Waals surface area contributed by atoms with Crippen LogP contribution in [0.1, 0.15) is 46.7 Å². The molecular formula is C15H16FNO2S. The second-order valence-corrected chi connectivity index (χ2v) is 6.69. The smallest absolute Gasteiger partial charge is 0.347 e. The van der Waals surface area contributed by atoms with Gasteiger partial charge in [0.1, 0.15) is 10.7 Å². The average Bonchev–Trinajstić information content (AvgIpc) is 2.76. The summed E-state index contributed by atoms with van der Waals surface area (Å²) >= 11 is 1.12. The molecule has 0 aliphatic carbocycles. The first kappa shape index (κ1) is 14.7. The zero-order valence-corrected chi connectivity index (χ0v) is 12.4. The Bertz CT molecular complexity index is 644. The van der Waals surface area contributed by atoms with Gasteiger partial charge in [0, 0.05) is 11.8 Å². The van der Waals surface area contributed by atoms with Crippen molar-refractivity contribution >= 4 is 17.3 Å². The number of halogens is 1. The van der Waals surface area contributed by atoms with E-state index in [1.54, 1.807) is 18.2 Å². The summed E-state index contributed by atoms with van der Waals surface area (Å²) in [5.74, 6) is -1.27. The van der Waals surface area contributed by atoms with Gasteiger partial charge in [0.15, 0.2) is 0 Å². The fraction of sp³-hybridized carbons (Fsp3) is 0.333. The molecule has 0 radical (unpaired) electrons. The molecule has 20 heavy (non-hydrogen) atoms. The van der Waals surface area contributed by atoms with Crippen LogP contribution in [0.25, 0.3) is 0 Å². The number of benzene rings is 1. The molecular weight excluding hydrogens is 277 g/mol. The summed E-state index contributed by atoms with van der Waals surface area (Å²) in [7, 11) is 0. The average molecular weight is 293 g/mol. The van der Waals surface area contributed by atoms with Crippen LogP contribution in [0.15, 0.2) is 24.3 Å². The summed E-state index contributed by atoms with van der Waals surface area (Å²) in [6.07, 6.45) is 0.313.